The van der Waals surface area contributed by atoms with E-state index in [-0.39, 0.29) is 19.0 Å². The number of benzene rings is 3. The van der Waals surface area contributed by atoms with Gasteiger partial charge >= 0.3 is 5.97 Å². The van der Waals surface area contributed by atoms with Crippen molar-refractivity contribution in [3.63, 3.8) is 0 Å². The summed E-state index contributed by atoms with van der Waals surface area (Å²) < 4.78 is 52.3. The van der Waals surface area contributed by atoms with Gasteiger partial charge in [0.1, 0.15) is 18.8 Å². The molecule has 3 aromatic carbocycles. The molecule has 0 saturated heterocycles. The van der Waals surface area contributed by atoms with Crippen LogP contribution in [-0.2, 0) is 18.0 Å². The van der Waals surface area contributed by atoms with Crippen molar-refractivity contribution in [2.45, 2.75) is 33.2 Å². The highest BCUT2D eigenvalue weighted by atomic mass is 19.1. The summed E-state index contributed by atoms with van der Waals surface area (Å²) in [4.78, 5) is 12.2. The van der Waals surface area contributed by atoms with E-state index >= 15 is 8.78 Å². The van der Waals surface area contributed by atoms with Crippen molar-refractivity contribution in [3.8, 4) is 17.2 Å². The van der Waals surface area contributed by atoms with Crippen molar-refractivity contribution in [1.29, 1.82) is 0 Å². The van der Waals surface area contributed by atoms with Crippen LogP contribution in [0.5, 0.6) is 17.2 Å². The van der Waals surface area contributed by atoms with Crippen LogP contribution in [0.4, 0.5) is 8.78 Å². The molecule has 0 atom stereocenters. The molecular weight excluding hydrogens is 418 g/mol. The lowest BCUT2D eigenvalue weighted by molar-refractivity contribution is 0.0585. The van der Waals surface area contributed by atoms with Gasteiger partial charge in [0, 0.05) is 0 Å². The summed E-state index contributed by atoms with van der Waals surface area (Å²) in [6, 6.07) is 18.1. The van der Waals surface area contributed by atoms with Gasteiger partial charge < -0.3 is 18.9 Å². The Morgan fingerprint density at radius 1 is 0.781 bits per heavy atom. The fraction of sp³-hybridized carbons (Fsp3) is 0.240. The second kappa shape index (κ2) is 10.6. The van der Waals surface area contributed by atoms with Crippen LogP contribution in [0.15, 0.2) is 60.7 Å². The largest absolute Gasteiger partial charge is 0.484 e. The van der Waals surface area contributed by atoms with E-state index in [1.807, 2.05) is 36.4 Å². The number of carbonyl (C=O) groups is 1. The number of carbonyl (C=O) groups excluding carboxylic acids is 1. The Kier molecular flexibility index (Phi) is 7.65. The Balaban J connectivity index is 2.10. The minimum absolute atomic E-state index is 0.00738. The number of ether oxygens (including phenoxy) is 4. The number of methoxy groups -OCH3 is 1. The Morgan fingerprint density at radius 3 is 1.72 bits per heavy atom. The van der Waals surface area contributed by atoms with Gasteiger partial charge in [-0.1, -0.05) is 60.7 Å². The maximum absolute atomic E-state index is 15.4. The van der Waals surface area contributed by atoms with Gasteiger partial charge in [0.15, 0.2) is 11.6 Å². The van der Waals surface area contributed by atoms with Gasteiger partial charge in [0.05, 0.1) is 13.2 Å². The molecule has 168 valence electrons. The van der Waals surface area contributed by atoms with E-state index in [0.717, 1.165) is 18.2 Å². The standard InChI is InChI=1S/C25H24F2O5/c1-16(2)32-23-21(27)19(25(28)29-3)20(26)22(30-14-17-10-6-4-7-11-17)24(23)31-15-18-12-8-5-9-13-18/h4-13,16H,14-15H2,1-3H3. The monoisotopic (exact) mass is 442 g/mol. The molecule has 0 aliphatic rings. The van der Waals surface area contributed by atoms with Crippen LogP contribution >= 0.6 is 0 Å². The first-order chi connectivity index (χ1) is 15.4. The smallest absolute Gasteiger partial charge is 0.344 e. The zero-order valence-corrected chi connectivity index (χ0v) is 18.1. The van der Waals surface area contributed by atoms with Crippen LogP contribution < -0.4 is 14.2 Å². The summed E-state index contributed by atoms with van der Waals surface area (Å²) in [7, 11) is 1.04. The normalized spacial score (nSPS) is 10.7. The lowest BCUT2D eigenvalue weighted by Crippen LogP contribution is -2.16. The maximum Gasteiger partial charge on any atom is 0.344 e. The quantitative estimate of drug-likeness (QED) is 0.398. The number of rotatable bonds is 9. The summed E-state index contributed by atoms with van der Waals surface area (Å²) in [5, 5.41) is 0. The van der Waals surface area contributed by atoms with Crippen molar-refractivity contribution >= 4 is 5.97 Å². The molecule has 0 unspecified atom stereocenters. The summed E-state index contributed by atoms with van der Waals surface area (Å²) in [5.41, 5.74) is 0.615. The molecule has 0 aliphatic carbocycles. The molecule has 5 nitrogen and oxygen atoms in total. The third-order valence-electron chi connectivity index (χ3n) is 4.45. The fourth-order valence-corrected chi connectivity index (χ4v) is 2.97. The Labute approximate surface area is 185 Å². The van der Waals surface area contributed by atoms with Gasteiger partial charge in [0.2, 0.25) is 17.2 Å². The molecule has 32 heavy (non-hydrogen) atoms. The lowest BCUT2D eigenvalue weighted by Gasteiger charge is -2.21. The fourth-order valence-electron chi connectivity index (χ4n) is 2.97. The van der Waals surface area contributed by atoms with E-state index in [2.05, 4.69) is 4.74 Å². The van der Waals surface area contributed by atoms with Crippen molar-refractivity contribution in [2.75, 3.05) is 7.11 Å². The van der Waals surface area contributed by atoms with Crippen molar-refractivity contribution in [1.82, 2.24) is 0 Å². The van der Waals surface area contributed by atoms with E-state index in [9.17, 15) is 4.79 Å². The average molecular weight is 442 g/mol. The number of halogens is 2. The molecular formula is C25H24F2O5. The highest BCUT2D eigenvalue weighted by Gasteiger charge is 2.33. The summed E-state index contributed by atoms with van der Waals surface area (Å²) in [6.45, 7) is 3.32. The highest BCUT2D eigenvalue weighted by molar-refractivity contribution is 5.92. The number of esters is 1. The van der Waals surface area contributed by atoms with E-state index in [0.29, 0.717) is 0 Å². The van der Waals surface area contributed by atoms with Gasteiger partial charge in [-0.3, -0.25) is 0 Å². The first kappa shape index (κ1) is 23.1. The third-order valence-corrected chi connectivity index (χ3v) is 4.45. The SMILES string of the molecule is COC(=O)c1c(F)c(OCc2ccccc2)c(OCc2ccccc2)c(OC(C)C)c1F. The van der Waals surface area contributed by atoms with Crippen molar-refractivity contribution in [3.05, 3.63) is 89.0 Å². The molecule has 7 heteroatoms. The minimum Gasteiger partial charge on any atom is -0.484 e. The van der Waals surface area contributed by atoms with Crippen LogP contribution in [0.25, 0.3) is 0 Å². The van der Waals surface area contributed by atoms with E-state index in [1.54, 1.807) is 38.1 Å². The van der Waals surface area contributed by atoms with Gasteiger partial charge in [0.25, 0.3) is 0 Å². The molecule has 0 aromatic heterocycles. The maximum atomic E-state index is 15.4. The van der Waals surface area contributed by atoms with Gasteiger partial charge in [-0.25, -0.2) is 13.6 Å². The lowest BCUT2D eigenvalue weighted by atomic mass is 10.1. The van der Waals surface area contributed by atoms with Crippen molar-refractivity contribution < 1.29 is 32.5 Å². The zero-order chi connectivity index (χ0) is 23.1. The van der Waals surface area contributed by atoms with Crippen molar-refractivity contribution in [2.24, 2.45) is 0 Å². The average Bonchev–Trinajstić information content (AvgIpc) is 2.80. The Hall–Kier alpha value is -3.61. The third kappa shape index (κ3) is 5.35. The first-order valence-electron chi connectivity index (χ1n) is 10.1. The van der Waals surface area contributed by atoms with Gasteiger partial charge in [-0.2, -0.15) is 0 Å². The summed E-state index contributed by atoms with van der Waals surface area (Å²) >= 11 is 0. The Bertz CT molecular complexity index is 1050. The Morgan fingerprint density at radius 2 is 1.25 bits per heavy atom. The van der Waals surface area contributed by atoms with E-state index in [1.165, 1.54) is 0 Å². The highest BCUT2D eigenvalue weighted by Crippen LogP contribution is 2.45. The zero-order valence-electron chi connectivity index (χ0n) is 18.1. The summed E-state index contributed by atoms with van der Waals surface area (Å²) in [5.74, 6) is -4.72. The molecule has 0 fully saturated rings. The molecule has 0 bridgehead atoms. The summed E-state index contributed by atoms with van der Waals surface area (Å²) in [6.07, 6.45) is -0.485. The van der Waals surface area contributed by atoms with Gasteiger partial charge in [-0.15, -0.1) is 0 Å². The number of hydrogen-bond donors (Lipinski definition) is 0. The van der Waals surface area contributed by atoms with E-state index in [4.69, 9.17) is 14.2 Å². The van der Waals surface area contributed by atoms with Crippen LogP contribution in [0.3, 0.4) is 0 Å². The molecule has 0 spiro atoms. The molecule has 0 saturated carbocycles. The minimum atomic E-state index is -1.22. The molecule has 3 aromatic rings. The topological polar surface area (TPSA) is 54.0 Å². The second-order valence-corrected chi connectivity index (χ2v) is 7.20. The molecule has 3 rings (SSSR count). The first-order valence-corrected chi connectivity index (χ1v) is 10.1. The van der Waals surface area contributed by atoms with Crippen LogP contribution in [0.1, 0.15) is 35.3 Å². The predicted octanol–water partition coefficient (Wildman–Crippen LogP) is 5.70. The number of hydrogen-bond acceptors (Lipinski definition) is 5. The molecule has 0 heterocycles. The molecule has 0 aliphatic heterocycles. The van der Waals surface area contributed by atoms with Crippen LogP contribution in [-0.4, -0.2) is 19.2 Å². The van der Waals surface area contributed by atoms with Gasteiger partial charge in [-0.05, 0) is 25.0 Å². The molecule has 0 amide bonds. The molecule has 0 N–H and O–H groups in total. The van der Waals surface area contributed by atoms with E-state index < -0.39 is 40.8 Å². The van der Waals surface area contributed by atoms with Crippen LogP contribution in [0, 0.1) is 11.6 Å². The van der Waals surface area contributed by atoms with Crippen LogP contribution in [0.2, 0.25) is 0 Å². The predicted molar refractivity (Wildman–Crippen MR) is 115 cm³/mol. The second-order valence-electron chi connectivity index (χ2n) is 7.20. The molecule has 0 radical (unpaired) electrons.